The molecule has 4 rings (SSSR count). The number of halogens is 5. The Bertz CT molecular complexity index is 1150. The standard InChI is InChI=1S/C26H23F3N2O.2ClH/c1-31-17-16-30-23(22-7-3-4-8-24(22)31)15-12-20-6-2-5-9-25(20)32-18-19-10-13-21(14-11-19)26(27,28)29;;/h2-15H,16-18H2,1H3;2*1H/b15-12+;;. The molecule has 0 amide bonds. The third kappa shape index (κ3) is 6.55. The molecule has 0 saturated carbocycles. The number of ether oxygens (including phenoxy) is 1. The Morgan fingerprint density at radius 2 is 1.59 bits per heavy atom. The van der Waals surface area contributed by atoms with Crippen molar-refractivity contribution >= 4 is 42.3 Å². The quantitative estimate of drug-likeness (QED) is 0.367. The number of likely N-dealkylation sites (N-methyl/N-ethyl adjacent to an activating group) is 1. The lowest BCUT2D eigenvalue weighted by Crippen LogP contribution is -2.20. The van der Waals surface area contributed by atoms with Crippen LogP contribution in [0, 0.1) is 0 Å². The zero-order valence-electron chi connectivity index (χ0n) is 18.5. The average molecular weight is 509 g/mol. The van der Waals surface area contributed by atoms with Crippen molar-refractivity contribution in [3.63, 3.8) is 0 Å². The monoisotopic (exact) mass is 508 g/mol. The van der Waals surface area contributed by atoms with Crippen molar-refractivity contribution in [2.45, 2.75) is 12.8 Å². The number of rotatable bonds is 5. The minimum atomic E-state index is -4.34. The van der Waals surface area contributed by atoms with Crippen molar-refractivity contribution in [3.05, 3.63) is 101 Å². The van der Waals surface area contributed by atoms with Gasteiger partial charge in [0.1, 0.15) is 12.4 Å². The van der Waals surface area contributed by atoms with E-state index < -0.39 is 11.7 Å². The average Bonchev–Trinajstić information content (AvgIpc) is 2.95. The Kier molecular flexibility index (Phi) is 9.59. The van der Waals surface area contributed by atoms with Gasteiger partial charge in [-0.3, -0.25) is 4.99 Å². The van der Waals surface area contributed by atoms with Gasteiger partial charge in [0.25, 0.3) is 0 Å². The minimum Gasteiger partial charge on any atom is -0.488 e. The van der Waals surface area contributed by atoms with Crippen molar-refractivity contribution in [1.82, 2.24) is 0 Å². The highest BCUT2D eigenvalue weighted by Gasteiger charge is 2.29. The number of fused-ring (bicyclic) bond motifs is 1. The van der Waals surface area contributed by atoms with Crippen molar-refractivity contribution in [2.75, 3.05) is 25.0 Å². The van der Waals surface area contributed by atoms with Gasteiger partial charge in [-0.05, 0) is 42.0 Å². The number of aliphatic imine (C=N–C) groups is 1. The molecule has 8 heteroatoms. The summed E-state index contributed by atoms with van der Waals surface area (Å²) in [6.45, 7) is 1.73. The van der Waals surface area contributed by atoms with Crippen molar-refractivity contribution in [2.24, 2.45) is 4.99 Å². The third-order valence-electron chi connectivity index (χ3n) is 5.32. The molecule has 0 bridgehead atoms. The topological polar surface area (TPSA) is 24.8 Å². The predicted octanol–water partition coefficient (Wildman–Crippen LogP) is 7.08. The highest BCUT2D eigenvalue weighted by Crippen LogP contribution is 2.29. The fourth-order valence-corrected chi connectivity index (χ4v) is 3.56. The van der Waals surface area contributed by atoms with Gasteiger partial charge in [0.2, 0.25) is 0 Å². The van der Waals surface area contributed by atoms with Crippen LogP contribution in [0.1, 0.15) is 22.3 Å². The first kappa shape index (κ1) is 27.3. The summed E-state index contributed by atoms with van der Waals surface area (Å²) in [5.74, 6) is 0.656. The molecule has 0 aliphatic carbocycles. The van der Waals surface area contributed by atoms with E-state index in [0.717, 1.165) is 41.2 Å². The Labute approximate surface area is 209 Å². The molecule has 3 nitrogen and oxygen atoms in total. The van der Waals surface area contributed by atoms with Gasteiger partial charge in [-0.1, -0.05) is 48.5 Å². The maximum absolute atomic E-state index is 12.7. The molecule has 0 saturated heterocycles. The molecule has 0 radical (unpaired) electrons. The van der Waals surface area contributed by atoms with Gasteiger partial charge in [-0.15, -0.1) is 24.8 Å². The Hall–Kier alpha value is -2.96. The first-order valence-electron chi connectivity index (χ1n) is 10.3. The summed E-state index contributed by atoms with van der Waals surface area (Å²) in [5.41, 5.74) is 3.99. The van der Waals surface area contributed by atoms with Crippen LogP contribution in [-0.2, 0) is 12.8 Å². The molecule has 0 atom stereocenters. The summed E-state index contributed by atoms with van der Waals surface area (Å²) in [6, 6.07) is 20.8. The summed E-state index contributed by atoms with van der Waals surface area (Å²) in [5, 5.41) is 0. The molecule has 0 fully saturated rings. The minimum absolute atomic E-state index is 0. The molecule has 1 aliphatic rings. The summed E-state index contributed by atoms with van der Waals surface area (Å²) < 4.78 is 44.2. The van der Waals surface area contributed by atoms with Crippen molar-refractivity contribution < 1.29 is 17.9 Å². The van der Waals surface area contributed by atoms with E-state index in [0.29, 0.717) is 17.9 Å². The lowest BCUT2D eigenvalue weighted by atomic mass is 10.1. The van der Waals surface area contributed by atoms with Crippen LogP contribution in [0.15, 0.2) is 83.9 Å². The number of hydrogen-bond donors (Lipinski definition) is 0. The van der Waals surface area contributed by atoms with E-state index in [1.165, 1.54) is 12.1 Å². The molecule has 34 heavy (non-hydrogen) atoms. The fourth-order valence-electron chi connectivity index (χ4n) is 3.56. The van der Waals surface area contributed by atoms with E-state index in [9.17, 15) is 13.2 Å². The second kappa shape index (κ2) is 12.0. The zero-order chi connectivity index (χ0) is 22.6. The predicted molar refractivity (Wildman–Crippen MR) is 137 cm³/mol. The molecule has 0 aromatic heterocycles. The van der Waals surface area contributed by atoms with Crippen LogP contribution in [0.3, 0.4) is 0 Å². The van der Waals surface area contributed by atoms with E-state index >= 15 is 0 Å². The van der Waals surface area contributed by atoms with Crippen LogP contribution in [0.4, 0.5) is 18.9 Å². The van der Waals surface area contributed by atoms with Crippen LogP contribution in [-0.4, -0.2) is 25.8 Å². The van der Waals surface area contributed by atoms with Crippen LogP contribution in [0.25, 0.3) is 6.08 Å². The number of benzene rings is 3. The molecule has 0 unspecified atom stereocenters. The van der Waals surface area contributed by atoms with Gasteiger partial charge in [0, 0.05) is 30.4 Å². The lowest BCUT2D eigenvalue weighted by molar-refractivity contribution is -0.137. The molecule has 0 N–H and O–H groups in total. The Morgan fingerprint density at radius 1 is 0.912 bits per heavy atom. The molecular formula is C26H25Cl2F3N2O. The molecule has 0 spiro atoms. The number of allylic oxidation sites excluding steroid dienone is 1. The fraction of sp³-hybridized carbons (Fsp3) is 0.192. The first-order valence-corrected chi connectivity index (χ1v) is 10.3. The normalized spacial score (nSPS) is 13.3. The number of benzodiazepines with no additional fused rings is 1. The highest BCUT2D eigenvalue weighted by atomic mass is 35.5. The van der Waals surface area contributed by atoms with Gasteiger partial charge in [0.05, 0.1) is 17.8 Å². The number of alkyl halides is 3. The molecule has 180 valence electrons. The second-order valence-corrected chi connectivity index (χ2v) is 7.56. The van der Waals surface area contributed by atoms with Crippen LogP contribution in [0.2, 0.25) is 0 Å². The van der Waals surface area contributed by atoms with E-state index in [2.05, 4.69) is 24.1 Å². The number of nitrogens with zero attached hydrogens (tertiary/aromatic N) is 2. The Balaban J connectivity index is 0.00000204. The number of para-hydroxylation sites is 2. The number of hydrogen-bond acceptors (Lipinski definition) is 3. The van der Waals surface area contributed by atoms with Gasteiger partial charge >= 0.3 is 6.18 Å². The van der Waals surface area contributed by atoms with Gasteiger partial charge in [-0.25, -0.2) is 0 Å². The summed E-state index contributed by atoms with van der Waals surface area (Å²) in [7, 11) is 2.06. The first-order chi connectivity index (χ1) is 15.4. The van der Waals surface area contributed by atoms with E-state index in [-0.39, 0.29) is 31.4 Å². The Morgan fingerprint density at radius 3 is 2.32 bits per heavy atom. The van der Waals surface area contributed by atoms with Crippen LogP contribution in [0.5, 0.6) is 5.75 Å². The molecular weight excluding hydrogens is 484 g/mol. The molecule has 1 heterocycles. The van der Waals surface area contributed by atoms with E-state index in [1.54, 1.807) is 0 Å². The maximum atomic E-state index is 12.7. The zero-order valence-corrected chi connectivity index (χ0v) is 20.1. The van der Waals surface area contributed by atoms with Crippen molar-refractivity contribution in [3.8, 4) is 5.75 Å². The summed E-state index contributed by atoms with van der Waals surface area (Å²) in [6.07, 6.45) is -0.397. The summed E-state index contributed by atoms with van der Waals surface area (Å²) >= 11 is 0. The third-order valence-corrected chi connectivity index (χ3v) is 5.32. The highest BCUT2D eigenvalue weighted by molar-refractivity contribution is 6.14. The van der Waals surface area contributed by atoms with Gasteiger partial charge in [-0.2, -0.15) is 13.2 Å². The van der Waals surface area contributed by atoms with Crippen LogP contribution >= 0.6 is 24.8 Å². The lowest BCUT2D eigenvalue weighted by Gasteiger charge is -2.18. The SMILES string of the molecule is CN1CCN=C(/C=C/c2ccccc2OCc2ccc(C(F)(F)F)cc2)c2ccccc21.Cl.Cl. The molecule has 3 aromatic carbocycles. The molecule has 3 aromatic rings. The second-order valence-electron chi connectivity index (χ2n) is 7.56. The largest absolute Gasteiger partial charge is 0.488 e. The summed E-state index contributed by atoms with van der Waals surface area (Å²) in [4.78, 5) is 6.93. The van der Waals surface area contributed by atoms with Gasteiger partial charge in [0.15, 0.2) is 0 Å². The van der Waals surface area contributed by atoms with Crippen LogP contribution < -0.4 is 9.64 Å². The van der Waals surface area contributed by atoms with Crippen molar-refractivity contribution in [1.29, 1.82) is 0 Å². The van der Waals surface area contributed by atoms with E-state index in [1.807, 2.05) is 48.6 Å². The number of anilines is 1. The maximum Gasteiger partial charge on any atom is 0.416 e. The van der Waals surface area contributed by atoms with Gasteiger partial charge < -0.3 is 9.64 Å². The smallest absolute Gasteiger partial charge is 0.416 e. The molecule has 1 aliphatic heterocycles. The van der Waals surface area contributed by atoms with E-state index in [4.69, 9.17) is 9.73 Å².